The summed E-state index contributed by atoms with van der Waals surface area (Å²) in [5.74, 6) is 0.825. The van der Waals surface area contributed by atoms with Crippen molar-refractivity contribution >= 4 is 46.2 Å². The van der Waals surface area contributed by atoms with Gasteiger partial charge in [-0.25, -0.2) is 9.98 Å². The van der Waals surface area contributed by atoms with Crippen LogP contribution in [-0.2, 0) is 6.54 Å². The topological polar surface area (TPSA) is 53.7 Å². The highest BCUT2D eigenvalue weighted by atomic mass is 127. The third kappa shape index (κ3) is 4.93. The van der Waals surface area contributed by atoms with E-state index in [0.717, 1.165) is 23.2 Å². The quantitative estimate of drug-likeness (QED) is 0.468. The summed E-state index contributed by atoms with van der Waals surface area (Å²) in [6, 6.07) is 0. The molecule has 2 rings (SSSR count). The van der Waals surface area contributed by atoms with Crippen LogP contribution >= 0.6 is 35.3 Å². The maximum atomic E-state index is 4.57. The van der Waals surface area contributed by atoms with Crippen molar-refractivity contribution in [2.24, 2.45) is 4.99 Å². The van der Waals surface area contributed by atoms with E-state index in [0.29, 0.717) is 6.54 Å². The summed E-state index contributed by atoms with van der Waals surface area (Å²) in [4.78, 5) is 10.1. The molecule has 0 unspecified atom stereocenters. The molecule has 0 saturated heterocycles. The third-order valence-corrected chi connectivity index (χ3v) is 3.15. The van der Waals surface area contributed by atoms with Crippen LogP contribution in [0, 0.1) is 0 Å². The van der Waals surface area contributed by atoms with Crippen LogP contribution in [0.2, 0.25) is 0 Å². The zero-order chi connectivity index (χ0) is 13.9. The highest BCUT2D eigenvalue weighted by Gasteiger charge is 2.11. The van der Waals surface area contributed by atoms with E-state index >= 15 is 0 Å². The van der Waals surface area contributed by atoms with Crippen molar-refractivity contribution in [1.29, 1.82) is 0 Å². The molecule has 0 aromatic carbocycles. The number of imidazole rings is 1. The smallest absolute Gasteiger partial charge is 0.193 e. The summed E-state index contributed by atoms with van der Waals surface area (Å²) in [5, 5.41) is 8.63. The molecule has 2 heterocycles. The van der Waals surface area contributed by atoms with E-state index in [-0.39, 0.29) is 29.5 Å². The molecule has 2 N–H and O–H groups in total. The van der Waals surface area contributed by atoms with Gasteiger partial charge in [-0.05, 0) is 27.7 Å². The van der Waals surface area contributed by atoms with Crippen molar-refractivity contribution in [3.05, 3.63) is 23.5 Å². The number of fused-ring (bicyclic) bond motifs is 1. The first-order chi connectivity index (χ1) is 8.98. The van der Waals surface area contributed by atoms with E-state index in [1.165, 1.54) is 0 Å². The highest BCUT2D eigenvalue weighted by molar-refractivity contribution is 14.0. The molecule has 5 nitrogen and oxygen atoms in total. The van der Waals surface area contributed by atoms with Crippen molar-refractivity contribution in [2.45, 2.75) is 39.8 Å². The minimum Gasteiger partial charge on any atom is -0.357 e. The molecule has 0 aliphatic carbocycles. The molecular formula is C13H22IN5S. The molecule has 0 amide bonds. The fourth-order valence-electron chi connectivity index (χ4n) is 1.67. The Kier molecular flexibility index (Phi) is 6.25. The summed E-state index contributed by atoms with van der Waals surface area (Å²) in [5.41, 5.74) is 0.980. The minimum absolute atomic E-state index is 0. The van der Waals surface area contributed by atoms with Gasteiger partial charge in [-0.15, -0.1) is 35.3 Å². The van der Waals surface area contributed by atoms with Crippen LogP contribution in [0.3, 0.4) is 0 Å². The molecule has 0 aliphatic rings. The number of nitrogens with zero attached hydrogens (tertiary/aromatic N) is 3. The Morgan fingerprint density at radius 2 is 2.20 bits per heavy atom. The Morgan fingerprint density at radius 3 is 2.80 bits per heavy atom. The van der Waals surface area contributed by atoms with Gasteiger partial charge < -0.3 is 10.6 Å². The van der Waals surface area contributed by atoms with E-state index in [2.05, 4.69) is 48.3 Å². The van der Waals surface area contributed by atoms with Crippen molar-refractivity contribution in [3.63, 3.8) is 0 Å². The predicted molar refractivity (Wildman–Crippen MR) is 96.2 cm³/mol. The van der Waals surface area contributed by atoms with Crippen LogP contribution in [-0.4, -0.2) is 27.4 Å². The van der Waals surface area contributed by atoms with E-state index in [4.69, 9.17) is 0 Å². The number of hydrogen-bond donors (Lipinski definition) is 2. The molecule has 7 heteroatoms. The Hall–Kier alpha value is -0.830. The van der Waals surface area contributed by atoms with Crippen molar-refractivity contribution in [3.8, 4) is 0 Å². The Labute approximate surface area is 140 Å². The number of nitrogens with one attached hydrogen (secondary N) is 2. The van der Waals surface area contributed by atoms with Crippen molar-refractivity contribution in [2.75, 3.05) is 6.54 Å². The molecule has 0 atom stereocenters. The first kappa shape index (κ1) is 17.2. The third-order valence-electron chi connectivity index (χ3n) is 2.38. The van der Waals surface area contributed by atoms with Gasteiger partial charge in [0.2, 0.25) is 0 Å². The van der Waals surface area contributed by atoms with Crippen LogP contribution < -0.4 is 10.6 Å². The van der Waals surface area contributed by atoms with Gasteiger partial charge in [0.05, 0.1) is 12.2 Å². The maximum Gasteiger partial charge on any atom is 0.193 e. The lowest BCUT2D eigenvalue weighted by molar-refractivity contribution is 0.501. The SMILES string of the molecule is CCNC(=NCc1cn2ccsc2n1)NC(C)(C)C.I. The highest BCUT2D eigenvalue weighted by Crippen LogP contribution is 2.11. The second-order valence-electron chi connectivity index (χ2n) is 5.40. The molecule has 0 radical (unpaired) electrons. The normalized spacial score (nSPS) is 12.3. The summed E-state index contributed by atoms with van der Waals surface area (Å²) < 4.78 is 2.03. The molecule has 2 aromatic heterocycles. The number of hydrogen-bond acceptors (Lipinski definition) is 3. The van der Waals surface area contributed by atoms with Crippen molar-refractivity contribution < 1.29 is 0 Å². The van der Waals surface area contributed by atoms with Crippen molar-refractivity contribution in [1.82, 2.24) is 20.0 Å². The average Bonchev–Trinajstić information content (AvgIpc) is 2.84. The van der Waals surface area contributed by atoms with E-state index in [1.807, 2.05) is 22.2 Å². The lowest BCUT2D eigenvalue weighted by atomic mass is 10.1. The molecule has 0 bridgehead atoms. The van der Waals surface area contributed by atoms with Crippen LogP contribution in [0.25, 0.3) is 4.96 Å². The van der Waals surface area contributed by atoms with E-state index in [9.17, 15) is 0 Å². The number of rotatable bonds is 3. The molecule has 0 fully saturated rings. The van der Waals surface area contributed by atoms with Crippen LogP contribution in [0.4, 0.5) is 0 Å². The first-order valence-electron chi connectivity index (χ1n) is 6.45. The van der Waals surface area contributed by atoms with E-state index < -0.39 is 0 Å². The lowest BCUT2D eigenvalue weighted by Gasteiger charge is -2.23. The van der Waals surface area contributed by atoms with Gasteiger partial charge in [0.15, 0.2) is 10.9 Å². The molecular weight excluding hydrogens is 385 g/mol. The zero-order valence-corrected chi connectivity index (χ0v) is 15.5. The molecule has 0 saturated carbocycles. The molecule has 0 aliphatic heterocycles. The predicted octanol–water partition coefficient (Wildman–Crippen LogP) is 2.87. The Balaban J connectivity index is 0.00000200. The summed E-state index contributed by atoms with van der Waals surface area (Å²) in [6.07, 6.45) is 4.04. The molecule has 2 aromatic rings. The summed E-state index contributed by atoms with van der Waals surface area (Å²) >= 11 is 1.63. The fraction of sp³-hybridized carbons (Fsp3) is 0.538. The standard InChI is InChI=1S/C13H21N5S.HI/c1-5-14-11(17-13(2,3)4)15-8-10-9-18-6-7-19-12(18)16-10;/h6-7,9H,5,8H2,1-4H3,(H2,14,15,17);1H. The number of thiazole rings is 1. The number of aromatic nitrogens is 2. The minimum atomic E-state index is -0.00441. The number of halogens is 1. The number of guanidine groups is 1. The van der Waals surface area contributed by atoms with E-state index in [1.54, 1.807) is 11.3 Å². The summed E-state index contributed by atoms with van der Waals surface area (Å²) in [6.45, 7) is 9.85. The van der Waals surface area contributed by atoms with Gasteiger partial charge in [0.25, 0.3) is 0 Å². The van der Waals surface area contributed by atoms with Gasteiger partial charge >= 0.3 is 0 Å². The maximum absolute atomic E-state index is 4.57. The molecule has 20 heavy (non-hydrogen) atoms. The van der Waals surface area contributed by atoms with Gasteiger partial charge in [-0.1, -0.05) is 0 Å². The van der Waals surface area contributed by atoms with Crippen LogP contribution in [0.15, 0.2) is 22.8 Å². The van der Waals surface area contributed by atoms with Crippen LogP contribution in [0.5, 0.6) is 0 Å². The lowest BCUT2D eigenvalue weighted by Crippen LogP contribution is -2.47. The fourth-order valence-corrected chi connectivity index (χ4v) is 2.39. The average molecular weight is 407 g/mol. The first-order valence-corrected chi connectivity index (χ1v) is 7.33. The van der Waals surface area contributed by atoms with Gasteiger partial charge in [0.1, 0.15) is 0 Å². The van der Waals surface area contributed by atoms with Crippen LogP contribution in [0.1, 0.15) is 33.4 Å². The Bertz CT molecular complexity index is 538. The van der Waals surface area contributed by atoms with Gasteiger partial charge in [0, 0.05) is 29.9 Å². The zero-order valence-electron chi connectivity index (χ0n) is 12.3. The second kappa shape index (κ2) is 7.26. The molecule has 112 valence electrons. The largest absolute Gasteiger partial charge is 0.357 e. The van der Waals surface area contributed by atoms with Gasteiger partial charge in [-0.3, -0.25) is 4.40 Å². The summed E-state index contributed by atoms with van der Waals surface area (Å²) in [7, 11) is 0. The monoisotopic (exact) mass is 407 g/mol. The Morgan fingerprint density at radius 1 is 1.45 bits per heavy atom. The number of aliphatic imine (C=N–C) groups is 1. The van der Waals surface area contributed by atoms with Gasteiger partial charge in [-0.2, -0.15) is 0 Å². The second-order valence-corrected chi connectivity index (χ2v) is 6.27. The molecule has 0 spiro atoms.